The fraction of sp³-hybridized carbons (Fsp3) is 0.667. The van der Waals surface area contributed by atoms with Crippen LogP contribution in [0.5, 0.6) is 0 Å². The number of hydrogen-bond acceptors (Lipinski definition) is 2. The van der Waals surface area contributed by atoms with Crippen molar-refractivity contribution < 1.29 is 0 Å². The summed E-state index contributed by atoms with van der Waals surface area (Å²) < 4.78 is 0. The number of hydrogen-bond donors (Lipinski definition) is 1. The molecule has 1 heterocycles. The van der Waals surface area contributed by atoms with Crippen molar-refractivity contribution in [3.63, 3.8) is 0 Å². The lowest BCUT2D eigenvalue weighted by atomic mass is 9.99. The first kappa shape index (κ1) is 15.5. The first-order valence-electron chi connectivity index (χ1n) is 8.13. The molecule has 0 aromatic heterocycles. The van der Waals surface area contributed by atoms with E-state index in [1.165, 1.54) is 24.1 Å². The maximum Gasteiger partial charge on any atom is 0.0236 e. The van der Waals surface area contributed by atoms with E-state index in [0.717, 1.165) is 31.6 Å². The number of benzene rings is 1. The minimum absolute atomic E-state index is 0.592. The van der Waals surface area contributed by atoms with Gasteiger partial charge in [-0.2, -0.15) is 0 Å². The molecule has 0 bridgehead atoms. The molecule has 0 aliphatic carbocycles. The summed E-state index contributed by atoms with van der Waals surface area (Å²) in [6.07, 6.45) is 1.35. The molecule has 112 valence electrons. The topological polar surface area (TPSA) is 15.3 Å². The molecular weight excluding hydrogens is 244 g/mol. The van der Waals surface area contributed by atoms with E-state index < -0.39 is 0 Å². The Labute approximate surface area is 124 Å². The van der Waals surface area contributed by atoms with Crippen LogP contribution < -0.4 is 5.32 Å². The molecule has 0 saturated carbocycles. The van der Waals surface area contributed by atoms with E-state index in [0.29, 0.717) is 5.92 Å². The summed E-state index contributed by atoms with van der Waals surface area (Å²) in [5, 5.41) is 3.42. The first-order chi connectivity index (χ1) is 9.60. The van der Waals surface area contributed by atoms with Gasteiger partial charge in [0.25, 0.3) is 0 Å². The molecule has 3 atom stereocenters. The van der Waals surface area contributed by atoms with E-state index in [2.05, 4.69) is 62.2 Å². The van der Waals surface area contributed by atoms with Gasteiger partial charge in [-0.15, -0.1) is 0 Å². The minimum atomic E-state index is 0.592. The number of likely N-dealkylation sites (N-methyl/N-ethyl adjacent to an activating group) is 1. The SMILES string of the molecule is CCNCC(C)c1ccc(CN2CC(C)CC2C)cc1. The molecule has 1 N–H and O–H groups in total. The molecule has 1 fully saturated rings. The molecule has 20 heavy (non-hydrogen) atoms. The van der Waals surface area contributed by atoms with Gasteiger partial charge in [-0.25, -0.2) is 0 Å². The molecule has 2 nitrogen and oxygen atoms in total. The van der Waals surface area contributed by atoms with Gasteiger partial charge >= 0.3 is 0 Å². The lowest BCUT2D eigenvalue weighted by Gasteiger charge is -2.21. The van der Waals surface area contributed by atoms with Crippen molar-refractivity contribution in [1.29, 1.82) is 0 Å². The monoisotopic (exact) mass is 274 g/mol. The number of nitrogens with zero attached hydrogens (tertiary/aromatic N) is 1. The molecule has 0 spiro atoms. The molecule has 0 amide bonds. The minimum Gasteiger partial charge on any atom is -0.316 e. The maximum atomic E-state index is 3.42. The fourth-order valence-electron chi connectivity index (χ4n) is 3.27. The summed E-state index contributed by atoms with van der Waals surface area (Å²) in [5.74, 6) is 1.44. The Morgan fingerprint density at radius 1 is 1.25 bits per heavy atom. The average molecular weight is 274 g/mol. The van der Waals surface area contributed by atoms with Gasteiger partial charge in [0.2, 0.25) is 0 Å². The van der Waals surface area contributed by atoms with E-state index >= 15 is 0 Å². The quantitative estimate of drug-likeness (QED) is 0.852. The average Bonchev–Trinajstić information content (AvgIpc) is 2.75. The van der Waals surface area contributed by atoms with Crippen molar-refractivity contribution in [3.05, 3.63) is 35.4 Å². The maximum absolute atomic E-state index is 3.42. The van der Waals surface area contributed by atoms with Crippen molar-refractivity contribution in [2.75, 3.05) is 19.6 Å². The zero-order chi connectivity index (χ0) is 14.5. The summed E-state index contributed by atoms with van der Waals surface area (Å²) in [7, 11) is 0. The molecular formula is C18H30N2. The highest BCUT2D eigenvalue weighted by Crippen LogP contribution is 2.24. The third-order valence-corrected chi connectivity index (χ3v) is 4.55. The van der Waals surface area contributed by atoms with Gasteiger partial charge < -0.3 is 5.32 Å². The van der Waals surface area contributed by atoms with Gasteiger partial charge in [0.1, 0.15) is 0 Å². The highest BCUT2D eigenvalue weighted by atomic mass is 15.2. The lowest BCUT2D eigenvalue weighted by Crippen LogP contribution is -2.26. The third-order valence-electron chi connectivity index (χ3n) is 4.55. The summed E-state index contributed by atoms with van der Waals surface area (Å²) in [6.45, 7) is 13.6. The van der Waals surface area contributed by atoms with Gasteiger partial charge in [0.15, 0.2) is 0 Å². The van der Waals surface area contributed by atoms with Gasteiger partial charge in [-0.3, -0.25) is 4.90 Å². The zero-order valence-corrected chi connectivity index (χ0v) is 13.5. The van der Waals surface area contributed by atoms with Crippen LogP contribution in [0.2, 0.25) is 0 Å². The van der Waals surface area contributed by atoms with E-state index in [9.17, 15) is 0 Å². The summed E-state index contributed by atoms with van der Waals surface area (Å²) in [6, 6.07) is 9.97. The second-order valence-electron chi connectivity index (χ2n) is 6.57. The van der Waals surface area contributed by atoms with Crippen LogP contribution in [-0.2, 0) is 6.54 Å². The van der Waals surface area contributed by atoms with Gasteiger partial charge in [-0.05, 0) is 42.9 Å². The van der Waals surface area contributed by atoms with Crippen LogP contribution in [0.4, 0.5) is 0 Å². The molecule has 0 radical (unpaired) electrons. The van der Waals surface area contributed by atoms with E-state index in [1.54, 1.807) is 0 Å². The molecule has 1 aromatic carbocycles. The zero-order valence-electron chi connectivity index (χ0n) is 13.5. The predicted molar refractivity (Wildman–Crippen MR) is 87.1 cm³/mol. The van der Waals surface area contributed by atoms with E-state index in [4.69, 9.17) is 0 Å². The molecule has 1 aliphatic rings. The molecule has 3 unspecified atom stereocenters. The van der Waals surface area contributed by atoms with Crippen LogP contribution in [0.1, 0.15) is 51.2 Å². The summed E-state index contributed by atoms with van der Waals surface area (Å²) in [5.41, 5.74) is 2.89. The smallest absolute Gasteiger partial charge is 0.0236 e. The highest BCUT2D eigenvalue weighted by Gasteiger charge is 2.25. The van der Waals surface area contributed by atoms with Crippen LogP contribution in [0.15, 0.2) is 24.3 Å². The molecule has 2 heteroatoms. The van der Waals surface area contributed by atoms with Gasteiger partial charge in [0.05, 0.1) is 0 Å². The van der Waals surface area contributed by atoms with Crippen molar-refractivity contribution >= 4 is 0 Å². The van der Waals surface area contributed by atoms with Crippen LogP contribution in [-0.4, -0.2) is 30.6 Å². The largest absolute Gasteiger partial charge is 0.316 e. The Morgan fingerprint density at radius 3 is 2.50 bits per heavy atom. The molecule has 1 aliphatic heterocycles. The van der Waals surface area contributed by atoms with Crippen molar-refractivity contribution in [2.24, 2.45) is 5.92 Å². The van der Waals surface area contributed by atoms with Crippen LogP contribution in [0.25, 0.3) is 0 Å². The summed E-state index contributed by atoms with van der Waals surface area (Å²) >= 11 is 0. The Bertz CT molecular complexity index is 398. The Balaban J connectivity index is 1.91. The second-order valence-corrected chi connectivity index (χ2v) is 6.57. The highest BCUT2D eigenvalue weighted by molar-refractivity contribution is 5.25. The van der Waals surface area contributed by atoms with Crippen LogP contribution in [0.3, 0.4) is 0 Å². The molecule has 1 aromatic rings. The Morgan fingerprint density at radius 2 is 1.95 bits per heavy atom. The molecule has 1 saturated heterocycles. The van der Waals surface area contributed by atoms with Gasteiger partial charge in [0, 0.05) is 25.7 Å². The van der Waals surface area contributed by atoms with Crippen LogP contribution >= 0.6 is 0 Å². The number of rotatable bonds is 6. The number of likely N-dealkylation sites (tertiary alicyclic amines) is 1. The Kier molecular flexibility index (Phi) is 5.62. The summed E-state index contributed by atoms with van der Waals surface area (Å²) in [4.78, 5) is 2.61. The normalized spacial score (nSPS) is 25.0. The van der Waals surface area contributed by atoms with Crippen molar-refractivity contribution in [3.8, 4) is 0 Å². The molecule has 2 rings (SSSR count). The third kappa shape index (κ3) is 4.07. The van der Waals surface area contributed by atoms with Crippen molar-refractivity contribution in [2.45, 2.75) is 52.6 Å². The first-order valence-corrected chi connectivity index (χ1v) is 8.13. The van der Waals surface area contributed by atoms with Crippen LogP contribution in [0, 0.1) is 5.92 Å². The predicted octanol–water partition coefficient (Wildman–Crippen LogP) is 3.63. The fourth-order valence-corrected chi connectivity index (χ4v) is 3.27. The number of nitrogens with one attached hydrogen (secondary N) is 1. The Hall–Kier alpha value is -0.860. The lowest BCUT2D eigenvalue weighted by molar-refractivity contribution is 0.256. The van der Waals surface area contributed by atoms with Crippen molar-refractivity contribution in [1.82, 2.24) is 10.2 Å². The standard InChI is InChI=1S/C18H30N2/c1-5-19-11-15(3)18-8-6-17(7-9-18)13-20-12-14(2)10-16(20)4/h6-9,14-16,19H,5,10-13H2,1-4H3. The van der Waals surface area contributed by atoms with E-state index in [1.807, 2.05) is 0 Å². The van der Waals surface area contributed by atoms with E-state index in [-0.39, 0.29) is 0 Å². The second kappa shape index (κ2) is 7.24. The van der Waals surface area contributed by atoms with Gasteiger partial charge in [-0.1, -0.05) is 45.0 Å².